The minimum Gasteiger partial charge on any atom is -0.481 e. The number of amides is 2. The Hall–Kier alpha value is -2.00. The number of nitrogens with zero attached hydrogens (tertiary/aromatic N) is 1. The number of carbonyl (C=O) groups is 4. The Balaban J connectivity index is 2.49. The summed E-state index contributed by atoms with van der Waals surface area (Å²) in [5.41, 5.74) is 3.13. The molecular weight excluding hydrogens is 284 g/mol. The van der Waals surface area contributed by atoms with Gasteiger partial charge in [0.05, 0.1) is 12.8 Å². The molecule has 1 saturated heterocycles. The van der Waals surface area contributed by atoms with E-state index in [9.17, 15) is 24.3 Å². The lowest BCUT2D eigenvalue weighted by atomic mass is 9.98. The van der Waals surface area contributed by atoms with Crippen LogP contribution >= 0.6 is 0 Å². The van der Waals surface area contributed by atoms with Gasteiger partial charge in [-0.2, -0.15) is 0 Å². The molecule has 1 unspecified atom stereocenters. The molecule has 2 amide bonds. The lowest BCUT2D eigenvalue weighted by Crippen LogP contribution is -2.42. The summed E-state index contributed by atoms with van der Waals surface area (Å²) in [6.07, 6.45) is -0.445. The van der Waals surface area contributed by atoms with E-state index < -0.39 is 48.2 Å². The Bertz CT molecular complexity index is 465. The maximum atomic E-state index is 11.9. The van der Waals surface area contributed by atoms with E-state index in [0.29, 0.717) is 12.8 Å². The van der Waals surface area contributed by atoms with Crippen molar-refractivity contribution < 1.29 is 34.5 Å². The third kappa shape index (κ3) is 4.23. The quantitative estimate of drug-likeness (QED) is 0.312. The zero-order chi connectivity index (χ0) is 16.2. The van der Waals surface area contributed by atoms with E-state index in [0.717, 1.165) is 4.90 Å². The SMILES string of the molecule is N[C@@H](CCCCN1C(=O)CC(O)(CC(=O)O)C1=O)C(=O)O. The molecule has 0 aromatic rings. The third-order valence-electron chi connectivity index (χ3n) is 3.30. The average molecular weight is 302 g/mol. The summed E-state index contributed by atoms with van der Waals surface area (Å²) in [6.45, 7) is 0.00589. The zero-order valence-corrected chi connectivity index (χ0v) is 11.3. The smallest absolute Gasteiger partial charge is 0.320 e. The van der Waals surface area contributed by atoms with E-state index in [2.05, 4.69) is 0 Å². The van der Waals surface area contributed by atoms with Crippen molar-refractivity contribution in [1.29, 1.82) is 0 Å². The van der Waals surface area contributed by atoms with Crippen LogP contribution in [0.2, 0.25) is 0 Å². The molecule has 1 aliphatic rings. The second-order valence-electron chi connectivity index (χ2n) is 5.07. The summed E-state index contributed by atoms with van der Waals surface area (Å²) in [5, 5.41) is 27.1. The molecule has 0 aromatic heterocycles. The number of hydrogen-bond acceptors (Lipinski definition) is 6. The van der Waals surface area contributed by atoms with E-state index in [-0.39, 0.29) is 13.0 Å². The summed E-state index contributed by atoms with van der Waals surface area (Å²) >= 11 is 0. The van der Waals surface area contributed by atoms with E-state index in [1.54, 1.807) is 0 Å². The number of aliphatic hydroxyl groups is 1. The fourth-order valence-electron chi connectivity index (χ4n) is 2.16. The standard InChI is InChI=1S/C12H18N2O7/c13-7(10(18)19)3-1-2-4-14-8(15)5-12(21,11(14)20)6-9(16)17/h7,21H,1-6,13H2,(H,16,17)(H,18,19)/t7-,12?/m0/s1. The Morgan fingerprint density at radius 1 is 1.29 bits per heavy atom. The first kappa shape index (κ1) is 17.1. The van der Waals surface area contributed by atoms with Crippen LogP contribution in [0.25, 0.3) is 0 Å². The Labute approximate surface area is 120 Å². The lowest BCUT2D eigenvalue weighted by molar-refractivity contribution is -0.153. The normalized spacial score (nSPS) is 23.4. The maximum Gasteiger partial charge on any atom is 0.320 e. The van der Waals surface area contributed by atoms with Crippen molar-refractivity contribution in [2.24, 2.45) is 5.73 Å². The van der Waals surface area contributed by atoms with Gasteiger partial charge in [-0.05, 0) is 19.3 Å². The van der Waals surface area contributed by atoms with E-state index in [4.69, 9.17) is 15.9 Å². The molecule has 1 rings (SSSR count). The van der Waals surface area contributed by atoms with Gasteiger partial charge in [0.1, 0.15) is 6.04 Å². The highest BCUT2D eigenvalue weighted by atomic mass is 16.4. The third-order valence-corrected chi connectivity index (χ3v) is 3.30. The minimum absolute atomic E-state index is 0.00589. The molecule has 9 nitrogen and oxygen atoms in total. The number of aliphatic carboxylic acids is 2. The van der Waals surface area contributed by atoms with Gasteiger partial charge in [0.2, 0.25) is 5.91 Å². The summed E-state index contributed by atoms with van der Waals surface area (Å²) in [5.74, 6) is -4.05. The van der Waals surface area contributed by atoms with Crippen LogP contribution in [-0.2, 0) is 19.2 Å². The summed E-state index contributed by atoms with van der Waals surface area (Å²) < 4.78 is 0. The zero-order valence-electron chi connectivity index (χ0n) is 11.3. The first-order chi connectivity index (χ1) is 9.67. The molecule has 0 radical (unpaired) electrons. The van der Waals surface area contributed by atoms with Crippen LogP contribution in [0.4, 0.5) is 0 Å². The largest absolute Gasteiger partial charge is 0.481 e. The van der Waals surface area contributed by atoms with Crippen molar-refractivity contribution in [3.63, 3.8) is 0 Å². The molecule has 0 aromatic carbocycles. The highest BCUT2D eigenvalue weighted by molar-refractivity contribution is 6.08. The Morgan fingerprint density at radius 3 is 2.43 bits per heavy atom. The molecule has 5 N–H and O–H groups in total. The molecule has 1 heterocycles. The van der Waals surface area contributed by atoms with Gasteiger partial charge in [0.25, 0.3) is 5.91 Å². The van der Waals surface area contributed by atoms with Gasteiger partial charge in [-0.3, -0.25) is 24.1 Å². The van der Waals surface area contributed by atoms with E-state index in [1.165, 1.54) is 0 Å². The van der Waals surface area contributed by atoms with Crippen LogP contribution in [0.5, 0.6) is 0 Å². The molecule has 0 spiro atoms. The van der Waals surface area contributed by atoms with Crippen molar-refractivity contribution in [3.8, 4) is 0 Å². The molecule has 1 fully saturated rings. The van der Waals surface area contributed by atoms with Crippen molar-refractivity contribution in [3.05, 3.63) is 0 Å². The van der Waals surface area contributed by atoms with Crippen LogP contribution in [0.1, 0.15) is 32.1 Å². The maximum absolute atomic E-state index is 11.9. The number of carboxylic acids is 2. The monoisotopic (exact) mass is 302 g/mol. The van der Waals surface area contributed by atoms with Gasteiger partial charge in [0.15, 0.2) is 5.60 Å². The van der Waals surface area contributed by atoms with E-state index >= 15 is 0 Å². The van der Waals surface area contributed by atoms with Gasteiger partial charge in [-0.25, -0.2) is 0 Å². The molecular formula is C12H18N2O7. The second kappa shape index (κ2) is 6.64. The summed E-state index contributed by atoms with van der Waals surface area (Å²) in [7, 11) is 0. The number of unbranched alkanes of at least 4 members (excludes halogenated alkanes) is 1. The van der Waals surface area contributed by atoms with Crippen LogP contribution in [0, 0.1) is 0 Å². The van der Waals surface area contributed by atoms with Gasteiger partial charge in [-0.15, -0.1) is 0 Å². The van der Waals surface area contributed by atoms with E-state index in [1.807, 2.05) is 0 Å². The molecule has 118 valence electrons. The van der Waals surface area contributed by atoms with Crippen LogP contribution < -0.4 is 5.73 Å². The van der Waals surface area contributed by atoms with Crippen molar-refractivity contribution in [2.75, 3.05) is 6.54 Å². The predicted molar refractivity (Wildman–Crippen MR) is 68.0 cm³/mol. The van der Waals surface area contributed by atoms with Crippen molar-refractivity contribution >= 4 is 23.8 Å². The summed E-state index contributed by atoms with van der Waals surface area (Å²) in [6, 6.07) is -1.00. The highest BCUT2D eigenvalue weighted by Gasteiger charge is 2.51. The van der Waals surface area contributed by atoms with Gasteiger partial charge < -0.3 is 21.1 Å². The van der Waals surface area contributed by atoms with Crippen molar-refractivity contribution in [1.82, 2.24) is 4.90 Å². The molecule has 21 heavy (non-hydrogen) atoms. The second-order valence-corrected chi connectivity index (χ2v) is 5.07. The number of nitrogens with two attached hydrogens (primary N) is 1. The topological polar surface area (TPSA) is 158 Å². The first-order valence-electron chi connectivity index (χ1n) is 6.45. The molecule has 1 aliphatic heterocycles. The van der Waals surface area contributed by atoms with Crippen LogP contribution in [-0.4, -0.2) is 62.2 Å². The lowest BCUT2D eigenvalue weighted by Gasteiger charge is -2.19. The number of carbonyl (C=O) groups excluding carboxylic acids is 2. The fraction of sp³-hybridized carbons (Fsp3) is 0.667. The Morgan fingerprint density at radius 2 is 1.90 bits per heavy atom. The number of hydrogen-bond donors (Lipinski definition) is 4. The van der Waals surface area contributed by atoms with Gasteiger partial charge >= 0.3 is 11.9 Å². The Kier molecular flexibility index (Phi) is 5.39. The van der Waals surface area contributed by atoms with Crippen LogP contribution in [0.15, 0.2) is 0 Å². The average Bonchev–Trinajstić information content (AvgIpc) is 2.55. The van der Waals surface area contributed by atoms with Crippen LogP contribution in [0.3, 0.4) is 0 Å². The summed E-state index contributed by atoms with van der Waals surface area (Å²) in [4.78, 5) is 45.5. The number of carboxylic acid groups (broad SMARTS) is 2. The van der Waals surface area contributed by atoms with Gasteiger partial charge in [-0.1, -0.05) is 0 Å². The number of rotatable bonds is 8. The minimum atomic E-state index is -2.18. The number of likely N-dealkylation sites (tertiary alicyclic amines) is 1. The van der Waals surface area contributed by atoms with Gasteiger partial charge in [0, 0.05) is 6.54 Å². The van der Waals surface area contributed by atoms with Crippen molar-refractivity contribution in [2.45, 2.75) is 43.7 Å². The predicted octanol–water partition coefficient (Wildman–Crippen LogP) is -1.47. The molecule has 0 saturated carbocycles. The molecule has 2 atom stereocenters. The molecule has 0 bridgehead atoms. The highest BCUT2D eigenvalue weighted by Crippen LogP contribution is 2.27. The molecule has 9 heteroatoms. The molecule has 0 aliphatic carbocycles. The number of imide groups is 1. The first-order valence-corrected chi connectivity index (χ1v) is 6.45. The fourth-order valence-corrected chi connectivity index (χ4v) is 2.16.